The van der Waals surface area contributed by atoms with Gasteiger partial charge in [-0.25, -0.2) is 0 Å². The largest absolute Gasteiger partial charge is 0.371 e. The van der Waals surface area contributed by atoms with Crippen molar-refractivity contribution in [2.75, 3.05) is 24.5 Å². The van der Waals surface area contributed by atoms with E-state index in [2.05, 4.69) is 17.0 Å². The normalized spacial score (nSPS) is 20.3. The summed E-state index contributed by atoms with van der Waals surface area (Å²) in [7, 11) is 0. The van der Waals surface area contributed by atoms with Crippen molar-refractivity contribution in [2.24, 2.45) is 11.7 Å². The molecule has 0 aliphatic carbocycles. The highest BCUT2D eigenvalue weighted by molar-refractivity contribution is 5.52. The first kappa shape index (κ1) is 10.0. The van der Waals surface area contributed by atoms with Gasteiger partial charge < -0.3 is 10.6 Å². The Morgan fingerprint density at radius 2 is 2.40 bits per heavy atom. The summed E-state index contributed by atoms with van der Waals surface area (Å²) in [5.41, 5.74) is 7.52. The van der Waals surface area contributed by atoms with Crippen molar-refractivity contribution in [1.29, 1.82) is 5.26 Å². The van der Waals surface area contributed by atoms with Crippen LogP contribution < -0.4 is 10.6 Å². The van der Waals surface area contributed by atoms with Crippen molar-refractivity contribution in [3.05, 3.63) is 29.8 Å². The first-order chi connectivity index (χ1) is 7.33. The molecule has 15 heavy (non-hydrogen) atoms. The molecular weight excluding hydrogens is 186 g/mol. The smallest absolute Gasteiger partial charge is 0.0992 e. The Morgan fingerprint density at radius 1 is 1.53 bits per heavy atom. The lowest BCUT2D eigenvalue weighted by atomic mass is 10.1. The highest BCUT2D eigenvalue weighted by atomic mass is 15.2. The fourth-order valence-corrected chi connectivity index (χ4v) is 2.03. The maximum Gasteiger partial charge on any atom is 0.0992 e. The molecular formula is C12H15N3. The highest BCUT2D eigenvalue weighted by Crippen LogP contribution is 2.23. The van der Waals surface area contributed by atoms with E-state index in [1.54, 1.807) is 0 Å². The SMILES string of the molecule is N#Cc1cccc(N2CCC(CN)C2)c1. The molecule has 2 rings (SSSR count). The number of hydrogen-bond donors (Lipinski definition) is 1. The van der Waals surface area contributed by atoms with E-state index < -0.39 is 0 Å². The standard InChI is InChI=1S/C12H15N3/c13-7-10-2-1-3-12(6-10)15-5-4-11(8-14)9-15/h1-3,6,11H,4-5,8-9,14H2. The van der Waals surface area contributed by atoms with Crippen molar-refractivity contribution in [1.82, 2.24) is 0 Å². The van der Waals surface area contributed by atoms with E-state index in [4.69, 9.17) is 11.0 Å². The second kappa shape index (κ2) is 4.33. The molecule has 0 spiro atoms. The Morgan fingerprint density at radius 3 is 3.07 bits per heavy atom. The zero-order valence-corrected chi connectivity index (χ0v) is 8.69. The maximum atomic E-state index is 8.81. The van der Waals surface area contributed by atoms with E-state index >= 15 is 0 Å². The number of anilines is 1. The topological polar surface area (TPSA) is 53.0 Å². The fourth-order valence-electron chi connectivity index (χ4n) is 2.03. The van der Waals surface area contributed by atoms with Gasteiger partial charge in [0.2, 0.25) is 0 Å². The minimum Gasteiger partial charge on any atom is -0.371 e. The van der Waals surface area contributed by atoms with Crippen molar-refractivity contribution in [3.63, 3.8) is 0 Å². The average molecular weight is 201 g/mol. The van der Waals surface area contributed by atoms with Crippen LogP contribution in [0.15, 0.2) is 24.3 Å². The van der Waals surface area contributed by atoms with Gasteiger partial charge in [-0.05, 0) is 37.1 Å². The molecule has 0 radical (unpaired) electrons. The van der Waals surface area contributed by atoms with Gasteiger partial charge >= 0.3 is 0 Å². The zero-order valence-electron chi connectivity index (χ0n) is 8.69. The van der Waals surface area contributed by atoms with Crippen LogP contribution in [0, 0.1) is 17.2 Å². The van der Waals surface area contributed by atoms with Gasteiger partial charge in [0.05, 0.1) is 11.6 Å². The third-order valence-corrected chi connectivity index (χ3v) is 2.96. The molecule has 1 fully saturated rings. The third kappa shape index (κ3) is 2.11. The molecule has 0 bridgehead atoms. The summed E-state index contributed by atoms with van der Waals surface area (Å²) in [6.07, 6.45) is 1.16. The predicted molar refractivity (Wildman–Crippen MR) is 60.5 cm³/mol. The molecule has 1 aliphatic heterocycles. The lowest BCUT2D eigenvalue weighted by Gasteiger charge is -2.18. The third-order valence-electron chi connectivity index (χ3n) is 2.96. The Kier molecular flexibility index (Phi) is 2.89. The van der Waals surface area contributed by atoms with Gasteiger partial charge in [0.1, 0.15) is 0 Å². The van der Waals surface area contributed by atoms with Gasteiger partial charge in [0.25, 0.3) is 0 Å². The van der Waals surface area contributed by atoms with Gasteiger partial charge in [0.15, 0.2) is 0 Å². The molecule has 1 atom stereocenters. The summed E-state index contributed by atoms with van der Waals surface area (Å²) < 4.78 is 0. The molecule has 2 N–H and O–H groups in total. The summed E-state index contributed by atoms with van der Waals surface area (Å²) in [4.78, 5) is 2.30. The Bertz CT molecular complexity index is 381. The second-order valence-corrected chi connectivity index (χ2v) is 4.00. The number of rotatable bonds is 2. The van der Waals surface area contributed by atoms with Crippen molar-refractivity contribution in [3.8, 4) is 6.07 Å². The van der Waals surface area contributed by atoms with Crippen molar-refractivity contribution in [2.45, 2.75) is 6.42 Å². The van der Waals surface area contributed by atoms with Crippen LogP contribution in [0.2, 0.25) is 0 Å². The molecule has 1 aromatic rings. The fraction of sp³-hybridized carbons (Fsp3) is 0.417. The van der Waals surface area contributed by atoms with E-state index in [0.29, 0.717) is 5.92 Å². The maximum absolute atomic E-state index is 8.81. The van der Waals surface area contributed by atoms with Gasteiger partial charge in [-0.2, -0.15) is 5.26 Å². The highest BCUT2D eigenvalue weighted by Gasteiger charge is 2.21. The molecule has 1 aromatic carbocycles. The summed E-state index contributed by atoms with van der Waals surface area (Å²) in [6, 6.07) is 9.93. The molecule has 1 heterocycles. The van der Waals surface area contributed by atoms with Crippen LogP contribution in [0.25, 0.3) is 0 Å². The number of nitrogens with two attached hydrogens (primary N) is 1. The second-order valence-electron chi connectivity index (χ2n) is 4.00. The number of hydrogen-bond acceptors (Lipinski definition) is 3. The quantitative estimate of drug-likeness (QED) is 0.785. The average Bonchev–Trinajstić information content (AvgIpc) is 2.78. The summed E-state index contributed by atoms with van der Waals surface area (Å²) in [5, 5.41) is 8.81. The summed E-state index contributed by atoms with van der Waals surface area (Å²) >= 11 is 0. The van der Waals surface area contributed by atoms with Crippen LogP contribution in [0.3, 0.4) is 0 Å². The van der Waals surface area contributed by atoms with E-state index in [1.807, 2.05) is 18.2 Å². The molecule has 78 valence electrons. The monoisotopic (exact) mass is 201 g/mol. The minimum absolute atomic E-state index is 0.607. The van der Waals surface area contributed by atoms with E-state index in [-0.39, 0.29) is 0 Å². The van der Waals surface area contributed by atoms with Crippen molar-refractivity contribution >= 4 is 5.69 Å². The molecule has 0 amide bonds. The molecule has 0 aromatic heterocycles. The number of nitriles is 1. The molecule has 3 nitrogen and oxygen atoms in total. The minimum atomic E-state index is 0.607. The van der Waals surface area contributed by atoms with E-state index in [9.17, 15) is 0 Å². The van der Waals surface area contributed by atoms with Gasteiger partial charge in [-0.15, -0.1) is 0 Å². The Balaban J connectivity index is 2.14. The van der Waals surface area contributed by atoms with Crippen LogP contribution in [0.4, 0.5) is 5.69 Å². The predicted octanol–water partition coefficient (Wildman–Crippen LogP) is 1.34. The lowest BCUT2D eigenvalue weighted by molar-refractivity contribution is 0.602. The molecule has 0 saturated carbocycles. The number of benzene rings is 1. The lowest BCUT2D eigenvalue weighted by Crippen LogP contribution is -2.22. The first-order valence-corrected chi connectivity index (χ1v) is 5.28. The Labute approximate surface area is 90.1 Å². The van der Waals surface area contributed by atoms with E-state index in [1.165, 1.54) is 0 Å². The molecule has 3 heteroatoms. The first-order valence-electron chi connectivity index (χ1n) is 5.28. The zero-order chi connectivity index (χ0) is 10.7. The van der Waals surface area contributed by atoms with Gasteiger partial charge in [-0.1, -0.05) is 6.07 Å². The van der Waals surface area contributed by atoms with Crippen LogP contribution >= 0.6 is 0 Å². The van der Waals surface area contributed by atoms with E-state index in [0.717, 1.165) is 37.3 Å². The van der Waals surface area contributed by atoms with Crippen LogP contribution in [0.5, 0.6) is 0 Å². The summed E-state index contributed by atoms with van der Waals surface area (Å²) in [6.45, 7) is 2.83. The molecule has 1 saturated heterocycles. The van der Waals surface area contributed by atoms with Gasteiger partial charge in [-0.3, -0.25) is 0 Å². The molecule has 1 unspecified atom stereocenters. The van der Waals surface area contributed by atoms with Crippen molar-refractivity contribution < 1.29 is 0 Å². The van der Waals surface area contributed by atoms with Crippen LogP contribution in [-0.2, 0) is 0 Å². The molecule has 1 aliphatic rings. The Hall–Kier alpha value is -1.53. The van der Waals surface area contributed by atoms with Crippen LogP contribution in [0.1, 0.15) is 12.0 Å². The van der Waals surface area contributed by atoms with Gasteiger partial charge in [0, 0.05) is 18.8 Å². The summed E-state index contributed by atoms with van der Waals surface area (Å²) in [5.74, 6) is 0.607. The number of nitrogens with zero attached hydrogens (tertiary/aromatic N) is 2. The van der Waals surface area contributed by atoms with Crippen LogP contribution in [-0.4, -0.2) is 19.6 Å².